The molecule has 1 fully saturated rings. The second-order valence-corrected chi connectivity index (χ2v) is 8.70. The molecule has 0 aromatic carbocycles. The molecule has 202 valence electrons. The Morgan fingerprint density at radius 3 is 2.59 bits per heavy atom. The predicted molar refractivity (Wildman–Crippen MR) is 118 cm³/mol. The minimum atomic E-state index is -3.12. The van der Waals surface area contributed by atoms with Crippen molar-refractivity contribution in [1.82, 2.24) is 39.8 Å². The van der Waals surface area contributed by atoms with Crippen molar-refractivity contribution in [2.24, 2.45) is 0 Å². The number of likely N-dealkylation sites (N-methyl/N-ethyl adjacent to an activating group) is 1. The maximum absolute atomic E-state index is 13.8. The quantitative estimate of drug-likeness (QED) is 0.285. The molecular formula is C20H25F4N9O4. The molecule has 0 bridgehead atoms. The van der Waals surface area contributed by atoms with Gasteiger partial charge in [0.15, 0.2) is 29.3 Å². The van der Waals surface area contributed by atoms with Crippen LogP contribution in [-0.2, 0) is 16.0 Å². The second kappa shape index (κ2) is 9.79. The van der Waals surface area contributed by atoms with Crippen LogP contribution in [0.15, 0.2) is 12.5 Å². The first-order chi connectivity index (χ1) is 17.3. The van der Waals surface area contributed by atoms with Gasteiger partial charge in [0, 0.05) is 20.4 Å². The number of nitrogens with one attached hydrogen (secondary N) is 2. The van der Waals surface area contributed by atoms with E-state index >= 15 is 0 Å². The molecular weight excluding hydrogens is 506 g/mol. The van der Waals surface area contributed by atoms with Gasteiger partial charge in [-0.2, -0.15) is 14.6 Å². The van der Waals surface area contributed by atoms with Crippen molar-refractivity contribution in [3.8, 4) is 5.95 Å². The van der Waals surface area contributed by atoms with Crippen molar-refractivity contribution in [3.63, 3.8) is 0 Å². The number of aliphatic hydroxyl groups excluding tert-OH is 2. The normalized spacial score (nSPS) is 22.5. The molecule has 4 heterocycles. The number of nitrogens with zero attached hydrogens (tertiary/aromatic N) is 7. The summed E-state index contributed by atoms with van der Waals surface area (Å²) in [5.41, 5.74) is -0.0963. The van der Waals surface area contributed by atoms with Crippen LogP contribution in [-0.4, -0.2) is 94.4 Å². The molecule has 0 aliphatic carbocycles. The molecule has 3 aromatic heterocycles. The minimum Gasteiger partial charge on any atom is -0.387 e. The fraction of sp³-hybridized carbons (Fsp3) is 0.600. The highest BCUT2D eigenvalue weighted by atomic mass is 19.3. The van der Waals surface area contributed by atoms with E-state index in [4.69, 9.17) is 4.74 Å². The Kier molecular flexibility index (Phi) is 7.04. The van der Waals surface area contributed by atoms with Crippen molar-refractivity contribution in [2.45, 2.75) is 63.1 Å². The van der Waals surface area contributed by atoms with Crippen LogP contribution in [0.3, 0.4) is 0 Å². The van der Waals surface area contributed by atoms with Crippen molar-refractivity contribution >= 4 is 22.9 Å². The lowest BCUT2D eigenvalue weighted by Gasteiger charge is -2.17. The van der Waals surface area contributed by atoms with Gasteiger partial charge in [0.1, 0.15) is 12.2 Å². The molecule has 1 amide bonds. The minimum absolute atomic E-state index is 0.000428. The second-order valence-electron chi connectivity index (χ2n) is 8.70. The van der Waals surface area contributed by atoms with E-state index < -0.39 is 61.7 Å². The lowest BCUT2D eigenvalue weighted by molar-refractivity contribution is -0.137. The van der Waals surface area contributed by atoms with Crippen molar-refractivity contribution in [1.29, 1.82) is 0 Å². The number of rotatable bonds is 9. The molecule has 13 nitrogen and oxygen atoms in total. The summed E-state index contributed by atoms with van der Waals surface area (Å²) in [5, 5.41) is 33.1. The lowest BCUT2D eigenvalue weighted by atomic mass is 10.1. The van der Waals surface area contributed by atoms with E-state index in [2.05, 4.69) is 35.9 Å². The third-order valence-electron chi connectivity index (χ3n) is 5.70. The van der Waals surface area contributed by atoms with Gasteiger partial charge >= 0.3 is 0 Å². The molecule has 4 rings (SSSR count). The average Bonchev–Trinajstić information content (AvgIpc) is 3.54. The summed E-state index contributed by atoms with van der Waals surface area (Å²) >= 11 is 0. The molecule has 4 N–H and O–H groups in total. The molecule has 0 saturated carbocycles. The van der Waals surface area contributed by atoms with E-state index in [9.17, 15) is 32.6 Å². The summed E-state index contributed by atoms with van der Waals surface area (Å²) in [6.45, 7) is 1.20. The van der Waals surface area contributed by atoms with Gasteiger partial charge in [0.2, 0.25) is 0 Å². The monoisotopic (exact) mass is 531 g/mol. The summed E-state index contributed by atoms with van der Waals surface area (Å²) in [4.78, 5) is 24.6. The Hall–Kier alpha value is -3.44. The van der Waals surface area contributed by atoms with Gasteiger partial charge in [0.25, 0.3) is 23.7 Å². The number of carbonyl (C=O) groups excluding carboxylic acids is 1. The van der Waals surface area contributed by atoms with Crippen LogP contribution in [0.2, 0.25) is 0 Å². The Bertz CT molecular complexity index is 1280. The molecule has 1 saturated heterocycles. The summed E-state index contributed by atoms with van der Waals surface area (Å²) in [5.74, 6) is -7.19. The van der Waals surface area contributed by atoms with Gasteiger partial charge in [-0.25, -0.2) is 22.5 Å². The topological polar surface area (TPSA) is 165 Å². The number of carbonyl (C=O) groups is 1. The zero-order valence-corrected chi connectivity index (χ0v) is 19.9. The van der Waals surface area contributed by atoms with E-state index in [1.54, 1.807) is 0 Å². The van der Waals surface area contributed by atoms with Crippen LogP contribution >= 0.6 is 0 Å². The van der Waals surface area contributed by atoms with E-state index in [1.165, 1.54) is 31.1 Å². The van der Waals surface area contributed by atoms with Gasteiger partial charge in [-0.15, -0.1) is 5.10 Å². The van der Waals surface area contributed by atoms with E-state index in [1.807, 2.05) is 0 Å². The van der Waals surface area contributed by atoms with Gasteiger partial charge in [-0.05, 0) is 0 Å². The zero-order valence-electron chi connectivity index (χ0n) is 19.9. The highest BCUT2D eigenvalue weighted by molar-refractivity contribution is 5.84. The van der Waals surface area contributed by atoms with E-state index in [0.29, 0.717) is 6.92 Å². The number of hydrogen-bond donors (Lipinski definition) is 4. The van der Waals surface area contributed by atoms with Crippen molar-refractivity contribution < 1.29 is 37.3 Å². The fourth-order valence-electron chi connectivity index (χ4n) is 3.67. The average molecular weight is 531 g/mol. The molecule has 0 spiro atoms. The number of halogens is 4. The Morgan fingerprint density at radius 1 is 1.22 bits per heavy atom. The molecule has 0 unspecified atom stereocenters. The van der Waals surface area contributed by atoms with Crippen LogP contribution < -0.4 is 10.6 Å². The number of imidazole rings is 1. The smallest absolute Gasteiger partial charge is 0.262 e. The standard InChI is InChI=1S/C20H25F4N9O4/c1-4-20(23,24)5-9-6-33(31-30-9)18-28-14(26-7-19(2,21)22)10-15(29-18)32(8-27-10)17-12(35)11(34)13(37-17)16(36)25-3/h6,8,11-13,17,34-35H,4-5,7H2,1-3H3,(H,25,36)(H,26,28,29)/t11-,12+,13-,17+/m0/s1. The SMILES string of the molecule is CCC(F)(F)Cc1cn(-c2nc(NCC(C)(F)F)c3ncn([C@@H]4O[C@H](C(=O)NC)[C@@H](O)[C@H]4O)c3n2)nn1. The number of ether oxygens (including phenoxy) is 1. The van der Waals surface area contributed by atoms with Gasteiger partial charge in [0.05, 0.1) is 31.2 Å². The summed E-state index contributed by atoms with van der Waals surface area (Å²) in [7, 11) is 1.33. The highest BCUT2D eigenvalue weighted by Crippen LogP contribution is 2.33. The Balaban J connectivity index is 1.77. The third kappa shape index (κ3) is 5.47. The highest BCUT2D eigenvalue weighted by Gasteiger charge is 2.47. The number of hydrogen-bond acceptors (Lipinski definition) is 10. The van der Waals surface area contributed by atoms with Gasteiger partial charge in [-0.1, -0.05) is 12.1 Å². The predicted octanol–water partition coefficient (Wildman–Crippen LogP) is 0.427. The van der Waals surface area contributed by atoms with Crippen LogP contribution in [0, 0.1) is 0 Å². The first kappa shape index (κ1) is 26.6. The Labute approximate surface area is 206 Å². The van der Waals surface area contributed by atoms with E-state index in [0.717, 1.165) is 4.68 Å². The van der Waals surface area contributed by atoms with Gasteiger partial charge in [-0.3, -0.25) is 9.36 Å². The molecule has 3 aromatic rings. The summed E-state index contributed by atoms with van der Waals surface area (Å²) < 4.78 is 62.5. The van der Waals surface area contributed by atoms with Gasteiger partial charge < -0.3 is 25.6 Å². The lowest BCUT2D eigenvalue weighted by Crippen LogP contribution is -2.41. The molecule has 0 radical (unpaired) electrons. The van der Waals surface area contributed by atoms with Crippen LogP contribution in [0.25, 0.3) is 17.1 Å². The summed E-state index contributed by atoms with van der Waals surface area (Å²) in [6.07, 6.45) is -4.65. The number of amides is 1. The third-order valence-corrected chi connectivity index (χ3v) is 5.70. The van der Waals surface area contributed by atoms with Crippen molar-refractivity contribution in [3.05, 3.63) is 18.2 Å². The Morgan fingerprint density at radius 2 is 1.95 bits per heavy atom. The summed E-state index contributed by atoms with van der Waals surface area (Å²) in [6, 6.07) is 0. The van der Waals surface area contributed by atoms with Crippen molar-refractivity contribution in [2.75, 3.05) is 18.9 Å². The first-order valence-corrected chi connectivity index (χ1v) is 11.2. The zero-order chi connectivity index (χ0) is 27.1. The maximum Gasteiger partial charge on any atom is 0.262 e. The number of fused-ring (bicyclic) bond motifs is 1. The van der Waals surface area contributed by atoms with E-state index in [-0.39, 0.29) is 28.6 Å². The number of anilines is 1. The number of aromatic nitrogens is 7. The maximum atomic E-state index is 13.8. The number of alkyl halides is 4. The molecule has 4 atom stereocenters. The molecule has 1 aliphatic rings. The van der Waals surface area contributed by atoms with Crippen LogP contribution in [0.1, 0.15) is 32.2 Å². The first-order valence-electron chi connectivity index (χ1n) is 11.2. The van der Waals surface area contributed by atoms with Crippen LogP contribution in [0.5, 0.6) is 0 Å². The molecule has 1 aliphatic heterocycles. The largest absolute Gasteiger partial charge is 0.387 e. The van der Waals surface area contributed by atoms with Crippen LogP contribution in [0.4, 0.5) is 23.4 Å². The number of aliphatic hydroxyl groups is 2. The molecule has 17 heteroatoms. The molecule has 37 heavy (non-hydrogen) atoms. The fourth-order valence-corrected chi connectivity index (χ4v) is 3.67.